The maximum absolute atomic E-state index is 14.4. The van der Waals surface area contributed by atoms with Crippen molar-refractivity contribution >= 4 is 45.8 Å². The van der Waals surface area contributed by atoms with Gasteiger partial charge in [0, 0.05) is 55.8 Å². The standard InChI is InChI=1S/C16H10ClF3IN3O.C16H11ClF3N3O/c1-2-23-15(14-10(19)3-9(18)4-11(14)20)13(5-12(21)16(23)25)24-7-8(17)6-22-24;1-2-22-14(24)4-3-13(23-8-9(17)7-21-23)16(22)15-11(19)5-10(18)6-12(15)20/h3-7H,2H2,1H3;3-8H,2H2,1H3. The SMILES string of the molecule is CCn1c(-c2c(F)cc(F)cc2F)c(-n2cc(Cl)cn2)cc(I)c1=O.CCn1c(-c2c(F)cc(F)cc2F)c(-n2cc(Cl)cn2)ccc1=O. The van der Waals surface area contributed by atoms with Gasteiger partial charge in [0.25, 0.3) is 11.1 Å². The Bertz CT molecular complexity index is 2290. The highest BCUT2D eigenvalue weighted by molar-refractivity contribution is 14.1. The quantitative estimate of drug-likeness (QED) is 0.125. The molecule has 0 fully saturated rings. The number of halogens is 9. The van der Waals surface area contributed by atoms with Crippen molar-refractivity contribution in [2.75, 3.05) is 0 Å². The van der Waals surface area contributed by atoms with Crippen molar-refractivity contribution in [3.8, 4) is 33.9 Å². The summed E-state index contributed by atoms with van der Waals surface area (Å²) in [7, 11) is 0. The Morgan fingerprint density at radius 1 is 0.653 bits per heavy atom. The molecule has 254 valence electrons. The predicted octanol–water partition coefficient (Wildman–Crippen LogP) is 8.19. The summed E-state index contributed by atoms with van der Waals surface area (Å²) in [4.78, 5) is 24.6. The summed E-state index contributed by atoms with van der Waals surface area (Å²) < 4.78 is 89.2. The van der Waals surface area contributed by atoms with Crippen molar-refractivity contribution in [1.29, 1.82) is 0 Å². The summed E-state index contributed by atoms with van der Waals surface area (Å²) in [5.41, 5.74) is -1.45. The van der Waals surface area contributed by atoms with Crippen LogP contribution in [0.1, 0.15) is 13.8 Å². The predicted molar refractivity (Wildman–Crippen MR) is 180 cm³/mol. The van der Waals surface area contributed by atoms with E-state index in [1.165, 1.54) is 61.5 Å². The van der Waals surface area contributed by atoms with E-state index in [0.29, 0.717) is 37.9 Å². The van der Waals surface area contributed by atoms with E-state index < -0.39 is 57.1 Å². The van der Waals surface area contributed by atoms with Gasteiger partial charge in [0.2, 0.25) is 0 Å². The number of hydrogen-bond donors (Lipinski definition) is 0. The lowest BCUT2D eigenvalue weighted by atomic mass is 10.1. The van der Waals surface area contributed by atoms with Crippen LogP contribution in [0, 0.1) is 38.5 Å². The molecule has 0 spiro atoms. The highest BCUT2D eigenvalue weighted by Gasteiger charge is 2.24. The molecular weight excluding hydrogens is 812 g/mol. The van der Waals surface area contributed by atoms with Crippen molar-refractivity contribution in [3.63, 3.8) is 0 Å². The van der Waals surface area contributed by atoms with Crippen molar-refractivity contribution in [2.24, 2.45) is 0 Å². The second-order valence-electron chi connectivity index (χ2n) is 10.1. The molecule has 4 heterocycles. The van der Waals surface area contributed by atoms with Gasteiger partial charge in [0.15, 0.2) is 0 Å². The molecule has 6 aromatic rings. The molecule has 0 aliphatic rings. The molecule has 0 radical (unpaired) electrons. The van der Waals surface area contributed by atoms with Crippen LogP contribution in [0.5, 0.6) is 0 Å². The van der Waals surface area contributed by atoms with Gasteiger partial charge in [-0.2, -0.15) is 10.2 Å². The molecular formula is C32H21Cl2F6IN6O2. The molecule has 0 aliphatic heterocycles. The fraction of sp³-hybridized carbons (Fsp3) is 0.125. The highest BCUT2D eigenvalue weighted by atomic mass is 127. The molecule has 17 heteroatoms. The zero-order chi connectivity index (χ0) is 35.7. The van der Waals surface area contributed by atoms with Gasteiger partial charge < -0.3 is 9.13 Å². The minimum atomic E-state index is -1.11. The van der Waals surface area contributed by atoms with E-state index in [4.69, 9.17) is 23.2 Å². The van der Waals surface area contributed by atoms with Crippen LogP contribution in [0.3, 0.4) is 0 Å². The van der Waals surface area contributed by atoms with Crippen molar-refractivity contribution < 1.29 is 26.3 Å². The first kappa shape index (κ1) is 35.9. The monoisotopic (exact) mass is 832 g/mol. The molecule has 0 unspecified atom stereocenters. The number of pyridine rings is 2. The second-order valence-corrected chi connectivity index (χ2v) is 12.2. The van der Waals surface area contributed by atoms with Gasteiger partial charge >= 0.3 is 0 Å². The van der Waals surface area contributed by atoms with Crippen LogP contribution in [-0.4, -0.2) is 28.7 Å². The smallest absolute Gasteiger partial charge is 0.264 e. The molecule has 0 N–H and O–H groups in total. The van der Waals surface area contributed by atoms with E-state index in [0.717, 1.165) is 0 Å². The van der Waals surface area contributed by atoms with Gasteiger partial charge in [-0.15, -0.1) is 0 Å². The van der Waals surface area contributed by atoms with E-state index in [2.05, 4.69) is 10.2 Å². The molecule has 0 saturated carbocycles. The number of hydrogen-bond acceptors (Lipinski definition) is 4. The van der Waals surface area contributed by atoms with Gasteiger partial charge in [0.05, 0.1) is 59.9 Å². The summed E-state index contributed by atoms with van der Waals surface area (Å²) >= 11 is 13.6. The minimum Gasteiger partial charge on any atom is -0.306 e. The van der Waals surface area contributed by atoms with Crippen LogP contribution in [-0.2, 0) is 13.1 Å². The zero-order valence-electron chi connectivity index (χ0n) is 25.2. The first-order valence-corrected chi connectivity index (χ1v) is 16.0. The van der Waals surface area contributed by atoms with E-state index in [9.17, 15) is 35.9 Å². The largest absolute Gasteiger partial charge is 0.306 e. The molecule has 49 heavy (non-hydrogen) atoms. The minimum absolute atomic E-state index is 0.0392. The Hall–Kier alpha value is -4.35. The Morgan fingerprint density at radius 3 is 1.49 bits per heavy atom. The Balaban J connectivity index is 0.000000191. The van der Waals surface area contributed by atoms with Gasteiger partial charge in [-0.05, 0) is 48.6 Å². The summed E-state index contributed by atoms with van der Waals surface area (Å²) in [5.74, 6) is -6.53. The van der Waals surface area contributed by atoms with Crippen LogP contribution in [0.15, 0.2) is 76.8 Å². The molecule has 0 saturated heterocycles. The average molecular weight is 833 g/mol. The molecule has 0 bridgehead atoms. The van der Waals surface area contributed by atoms with Crippen molar-refractivity contribution in [3.05, 3.63) is 136 Å². The maximum Gasteiger partial charge on any atom is 0.264 e. The number of rotatable bonds is 6. The lowest BCUT2D eigenvalue weighted by Crippen LogP contribution is -2.26. The number of benzene rings is 2. The Morgan fingerprint density at radius 2 is 1.08 bits per heavy atom. The van der Waals surface area contributed by atoms with Crippen LogP contribution < -0.4 is 11.1 Å². The normalized spacial score (nSPS) is 11.1. The molecule has 4 aromatic heterocycles. The number of aromatic nitrogens is 6. The van der Waals surface area contributed by atoms with Gasteiger partial charge in [0.1, 0.15) is 34.9 Å². The third kappa shape index (κ3) is 7.19. The van der Waals surface area contributed by atoms with Crippen molar-refractivity contribution in [1.82, 2.24) is 28.7 Å². The van der Waals surface area contributed by atoms with Crippen LogP contribution in [0.25, 0.3) is 33.9 Å². The van der Waals surface area contributed by atoms with Gasteiger partial charge in [-0.25, -0.2) is 35.7 Å². The average Bonchev–Trinajstić information content (AvgIpc) is 3.66. The fourth-order valence-corrected chi connectivity index (χ4v) is 5.95. The molecule has 0 amide bonds. The van der Waals surface area contributed by atoms with Gasteiger partial charge in [-0.1, -0.05) is 23.2 Å². The first-order valence-electron chi connectivity index (χ1n) is 14.1. The van der Waals surface area contributed by atoms with E-state index in [1.54, 1.807) is 13.8 Å². The summed E-state index contributed by atoms with van der Waals surface area (Å²) in [6.07, 6.45) is 5.59. The van der Waals surface area contributed by atoms with E-state index in [1.807, 2.05) is 22.6 Å². The first-order chi connectivity index (χ1) is 23.2. The maximum atomic E-state index is 14.4. The second kappa shape index (κ2) is 14.6. The Labute approximate surface area is 296 Å². The van der Waals surface area contributed by atoms with Crippen molar-refractivity contribution in [2.45, 2.75) is 26.9 Å². The summed E-state index contributed by atoms with van der Waals surface area (Å²) in [6, 6.07) is 6.37. The van der Waals surface area contributed by atoms with Crippen LogP contribution in [0.4, 0.5) is 26.3 Å². The van der Waals surface area contributed by atoms with Crippen LogP contribution in [0.2, 0.25) is 10.0 Å². The topological polar surface area (TPSA) is 79.6 Å². The van der Waals surface area contributed by atoms with Gasteiger partial charge in [-0.3, -0.25) is 9.59 Å². The van der Waals surface area contributed by atoms with Crippen LogP contribution >= 0.6 is 45.8 Å². The molecule has 0 aliphatic carbocycles. The lowest BCUT2D eigenvalue weighted by Gasteiger charge is -2.18. The third-order valence-electron chi connectivity index (χ3n) is 7.10. The molecule has 2 aromatic carbocycles. The Kier molecular flexibility index (Phi) is 10.7. The van der Waals surface area contributed by atoms with E-state index >= 15 is 0 Å². The number of nitrogens with zero attached hydrogens (tertiary/aromatic N) is 6. The third-order valence-corrected chi connectivity index (χ3v) is 8.27. The fourth-order valence-electron chi connectivity index (χ4n) is 5.09. The van der Waals surface area contributed by atoms with E-state index in [-0.39, 0.29) is 35.9 Å². The zero-order valence-corrected chi connectivity index (χ0v) is 28.8. The highest BCUT2D eigenvalue weighted by Crippen LogP contribution is 2.33. The summed E-state index contributed by atoms with van der Waals surface area (Å²) in [6.45, 7) is 3.64. The molecule has 0 atom stereocenters. The lowest BCUT2D eigenvalue weighted by molar-refractivity contribution is 0.543. The summed E-state index contributed by atoms with van der Waals surface area (Å²) in [5, 5.41) is 8.68. The molecule has 6 rings (SSSR count). The molecule has 8 nitrogen and oxygen atoms in total.